The zero-order valence-corrected chi connectivity index (χ0v) is 20.1. The van der Waals surface area contributed by atoms with Crippen LogP contribution in [0.5, 0.6) is 0 Å². The van der Waals surface area contributed by atoms with Crippen LogP contribution < -0.4 is 5.32 Å². The lowest BCUT2D eigenvalue weighted by Crippen LogP contribution is -2.14. The molecule has 5 heteroatoms. The third-order valence-corrected chi connectivity index (χ3v) is 5.72. The minimum atomic E-state index is -0.391. The lowest BCUT2D eigenvalue weighted by atomic mass is 9.98. The number of amides is 1. The van der Waals surface area contributed by atoms with Crippen molar-refractivity contribution >= 4 is 17.6 Å². The number of pyridine rings is 1. The van der Waals surface area contributed by atoms with Gasteiger partial charge in [0.15, 0.2) is 0 Å². The summed E-state index contributed by atoms with van der Waals surface area (Å²) in [5.41, 5.74) is 4.63. The molecule has 1 aromatic heterocycles. The maximum absolute atomic E-state index is 13.3. The van der Waals surface area contributed by atoms with E-state index in [0.717, 1.165) is 22.4 Å². The average Bonchev–Trinajstić information content (AvgIpc) is 3.27. The summed E-state index contributed by atoms with van der Waals surface area (Å²) in [5, 5.41) is 3.08. The summed E-state index contributed by atoms with van der Waals surface area (Å²) in [6, 6.07) is 34.4. The molecule has 1 N–H and O–H groups in total. The molecule has 3 aromatic rings. The van der Waals surface area contributed by atoms with Gasteiger partial charge in [-0.3, -0.25) is 14.6 Å². The number of carbonyl (C=O) groups is 2. The smallest absolute Gasteiger partial charge is 0.303 e. The number of hydrogen-bond acceptors (Lipinski definition) is 4. The normalized spacial score (nSPS) is 13.4. The fourth-order valence-corrected chi connectivity index (χ4v) is 4.15. The average molecular weight is 477 g/mol. The minimum Gasteiger partial charge on any atom is -0.456 e. The molecular weight excluding hydrogens is 448 g/mol. The van der Waals surface area contributed by atoms with Crippen molar-refractivity contribution in [2.45, 2.75) is 25.9 Å². The van der Waals surface area contributed by atoms with E-state index in [1.54, 1.807) is 18.3 Å². The molecule has 1 amide bonds. The van der Waals surface area contributed by atoms with Crippen molar-refractivity contribution in [1.29, 1.82) is 0 Å². The minimum absolute atomic E-state index is 0.241. The second kappa shape index (κ2) is 12.3. The van der Waals surface area contributed by atoms with Gasteiger partial charge in [-0.2, -0.15) is 0 Å². The van der Waals surface area contributed by atoms with E-state index < -0.39 is 6.10 Å². The van der Waals surface area contributed by atoms with E-state index in [1.807, 2.05) is 97.1 Å². The number of ether oxygens (including phenoxy) is 1. The van der Waals surface area contributed by atoms with E-state index in [-0.39, 0.29) is 11.9 Å². The van der Waals surface area contributed by atoms with Crippen LogP contribution >= 0.6 is 0 Å². The molecule has 0 aliphatic heterocycles. The molecule has 36 heavy (non-hydrogen) atoms. The zero-order chi connectivity index (χ0) is 25.2. The van der Waals surface area contributed by atoms with E-state index in [2.05, 4.69) is 10.3 Å². The number of aromatic nitrogens is 1. The highest BCUT2D eigenvalue weighted by atomic mass is 16.5. The van der Waals surface area contributed by atoms with Crippen LogP contribution in [-0.4, -0.2) is 16.9 Å². The van der Waals surface area contributed by atoms with Gasteiger partial charge in [0.1, 0.15) is 6.10 Å². The number of rotatable bonds is 4. The summed E-state index contributed by atoms with van der Waals surface area (Å²) < 4.78 is 5.53. The monoisotopic (exact) mass is 476 g/mol. The molecular formula is C31H28N2O3. The highest BCUT2D eigenvalue weighted by Gasteiger charge is 2.30. The van der Waals surface area contributed by atoms with Crippen LogP contribution in [0.2, 0.25) is 0 Å². The Hall–Kier alpha value is -4.51. The molecule has 0 radical (unpaired) electrons. The maximum Gasteiger partial charge on any atom is 0.303 e. The van der Waals surface area contributed by atoms with Crippen LogP contribution in [0.3, 0.4) is 0 Å². The molecule has 0 spiro atoms. The van der Waals surface area contributed by atoms with E-state index in [1.165, 1.54) is 6.92 Å². The Morgan fingerprint density at radius 3 is 1.89 bits per heavy atom. The molecule has 1 aliphatic carbocycles. The second-order valence-corrected chi connectivity index (χ2v) is 8.27. The summed E-state index contributed by atoms with van der Waals surface area (Å²) in [6.45, 7) is 1.41. The number of esters is 1. The van der Waals surface area contributed by atoms with Gasteiger partial charge in [-0.15, -0.1) is 0 Å². The van der Waals surface area contributed by atoms with E-state index in [4.69, 9.17) is 4.74 Å². The van der Waals surface area contributed by atoms with Crippen LogP contribution in [0.1, 0.15) is 41.1 Å². The molecule has 1 unspecified atom stereocenters. The second-order valence-electron chi connectivity index (χ2n) is 8.27. The Balaban J connectivity index is 1.83. The Labute approximate surface area is 211 Å². The van der Waals surface area contributed by atoms with Gasteiger partial charge in [0.05, 0.1) is 17.6 Å². The van der Waals surface area contributed by atoms with Crippen molar-refractivity contribution in [3.63, 3.8) is 0 Å². The Morgan fingerprint density at radius 2 is 1.33 bits per heavy atom. The predicted molar refractivity (Wildman–Crippen MR) is 142 cm³/mol. The van der Waals surface area contributed by atoms with E-state index >= 15 is 0 Å². The Bertz CT molecular complexity index is 1320. The molecule has 0 saturated heterocycles. The van der Waals surface area contributed by atoms with E-state index in [0.29, 0.717) is 24.1 Å². The van der Waals surface area contributed by atoms with Crippen LogP contribution in [0.15, 0.2) is 115 Å². The molecule has 0 bridgehead atoms. The molecule has 0 saturated carbocycles. The van der Waals surface area contributed by atoms with Crippen LogP contribution in [0.25, 0.3) is 11.1 Å². The maximum atomic E-state index is 13.3. The molecule has 5 nitrogen and oxygen atoms in total. The van der Waals surface area contributed by atoms with Gasteiger partial charge >= 0.3 is 5.97 Å². The lowest BCUT2D eigenvalue weighted by molar-refractivity contribution is -0.146. The molecule has 1 atom stereocenters. The molecule has 180 valence electrons. The summed E-state index contributed by atoms with van der Waals surface area (Å²) in [5.74, 6) is -0.577. The zero-order valence-electron chi connectivity index (χ0n) is 20.1. The fraction of sp³-hybridized carbons (Fsp3) is 0.129. The van der Waals surface area contributed by atoms with Crippen molar-refractivity contribution in [2.24, 2.45) is 0 Å². The molecule has 4 rings (SSSR count). The lowest BCUT2D eigenvalue weighted by Gasteiger charge is -2.16. The van der Waals surface area contributed by atoms with Crippen molar-refractivity contribution in [2.75, 3.05) is 5.32 Å². The quantitative estimate of drug-likeness (QED) is 0.421. The first kappa shape index (κ1) is 24.6. The van der Waals surface area contributed by atoms with Crippen molar-refractivity contribution in [1.82, 2.24) is 4.98 Å². The largest absolute Gasteiger partial charge is 0.456 e. The van der Waals surface area contributed by atoms with Crippen LogP contribution in [-0.2, 0) is 16.0 Å². The Morgan fingerprint density at radius 1 is 0.806 bits per heavy atom. The standard InChI is InChI=1S/C31H28N2O3/c1-23(34)36-28-21-20-26-29(24-16-12-8-4-2-5-9-13-17-24)27(22-32-30(26)28)33-31(35)25-18-14-10-6-3-7-11-15-19-25/h2-19,22,28H,20-21H2,1H3,(H,33,35). The van der Waals surface area contributed by atoms with Gasteiger partial charge in [-0.25, -0.2) is 0 Å². The van der Waals surface area contributed by atoms with Gasteiger partial charge < -0.3 is 10.1 Å². The third kappa shape index (κ3) is 6.33. The molecule has 1 aliphatic rings. The van der Waals surface area contributed by atoms with Gasteiger partial charge in [-0.1, -0.05) is 97.1 Å². The topological polar surface area (TPSA) is 68.3 Å². The predicted octanol–water partition coefficient (Wildman–Crippen LogP) is 6.80. The van der Waals surface area contributed by atoms with Crippen LogP contribution in [0.4, 0.5) is 5.69 Å². The number of anilines is 1. The summed E-state index contributed by atoms with van der Waals surface area (Å²) >= 11 is 0. The first-order valence-electron chi connectivity index (χ1n) is 11.9. The summed E-state index contributed by atoms with van der Waals surface area (Å²) in [7, 11) is 0. The number of hydrogen-bond donors (Lipinski definition) is 1. The van der Waals surface area contributed by atoms with Crippen molar-refractivity contribution in [3.05, 3.63) is 132 Å². The highest BCUT2D eigenvalue weighted by molar-refractivity contribution is 6.06. The van der Waals surface area contributed by atoms with Gasteiger partial charge in [-0.05, 0) is 36.1 Å². The number of fused-ring (bicyclic) bond motifs is 1. The SMILES string of the molecule is CC(=O)OC1CCc2c1ncc(NC(=O)c1ccccccccc1)c2-c1ccccccccc1. The van der Waals surface area contributed by atoms with Gasteiger partial charge in [0.2, 0.25) is 0 Å². The molecule has 1 heterocycles. The highest BCUT2D eigenvalue weighted by Crippen LogP contribution is 2.41. The molecule has 2 aromatic carbocycles. The Kier molecular flexibility index (Phi) is 8.39. The number of nitrogens with one attached hydrogen (secondary N) is 1. The van der Waals surface area contributed by atoms with Crippen LogP contribution in [0, 0.1) is 0 Å². The summed E-state index contributed by atoms with van der Waals surface area (Å²) in [6.07, 6.45) is 2.61. The fourth-order valence-electron chi connectivity index (χ4n) is 4.15. The first-order chi connectivity index (χ1) is 17.6. The molecule has 0 fully saturated rings. The first-order valence-corrected chi connectivity index (χ1v) is 11.9. The number of carbonyl (C=O) groups excluding carboxylic acids is 2. The van der Waals surface area contributed by atoms with Gasteiger partial charge in [0, 0.05) is 18.1 Å². The van der Waals surface area contributed by atoms with Crippen molar-refractivity contribution < 1.29 is 14.3 Å². The van der Waals surface area contributed by atoms with E-state index in [9.17, 15) is 9.59 Å². The van der Waals surface area contributed by atoms with Gasteiger partial charge in [0.25, 0.3) is 5.91 Å². The summed E-state index contributed by atoms with van der Waals surface area (Å²) in [4.78, 5) is 29.6. The third-order valence-electron chi connectivity index (χ3n) is 5.72. The van der Waals surface area contributed by atoms with Crippen molar-refractivity contribution in [3.8, 4) is 11.1 Å². The number of nitrogens with zero attached hydrogens (tertiary/aromatic N) is 1.